The van der Waals surface area contributed by atoms with Gasteiger partial charge in [-0.2, -0.15) is 11.8 Å². The minimum absolute atomic E-state index is 0.221. The van der Waals surface area contributed by atoms with Crippen LogP contribution in [0.3, 0.4) is 0 Å². The highest BCUT2D eigenvalue weighted by Crippen LogP contribution is 2.33. The van der Waals surface area contributed by atoms with Crippen LogP contribution in [-0.2, 0) is 9.84 Å². The summed E-state index contributed by atoms with van der Waals surface area (Å²) in [4.78, 5) is 1.26. The molecule has 0 aliphatic rings. The van der Waals surface area contributed by atoms with E-state index in [2.05, 4.69) is 13.0 Å². The van der Waals surface area contributed by atoms with Gasteiger partial charge in [0.05, 0.1) is 11.0 Å². The number of thioether (sulfide) groups is 1. The van der Waals surface area contributed by atoms with Gasteiger partial charge in [-0.15, -0.1) is 11.3 Å². The lowest BCUT2D eigenvalue weighted by molar-refractivity contribution is 0.603. The molecule has 0 spiro atoms. The molecule has 0 aliphatic carbocycles. The van der Waals surface area contributed by atoms with E-state index in [1.54, 1.807) is 23.1 Å². The number of hydrogen-bond acceptors (Lipinski definition) is 5. The minimum Gasteiger partial charge on any atom is -0.329 e. The van der Waals surface area contributed by atoms with Crippen LogP contribution < -0.4 is 5.73 Å². The summed E-state index contributed by atoms with van der Waals surface area (Å²) in [7, 11) is -2.87. The first kappa shape index (κ1) is 14.0. The van der Waals surface area contributed by atoms with Crippen LogP contribution in [0.4, 0.5) is 0 Å². The predicted molar refractivity (Wildman–Crippen MR) is 73.0 cm³/mol. The maximum atomic E-state index is 11.0. The number of nitrogens with two attached hydrogens (primary N) is 1. The molecule has 1 heterocycles. The minimum atomic E-state index is -2.87. The Bertz CT molecular complexity index is 425. The van der Waals surface area contributed by atoms with Crippen LogP contribution in [0.15, 0.2) is 11.4 Å². The molecule has 1 aromatic rings. The maximum absolute atomic E-state index is 11.0. The smallest absolute Gasteiger partial charge is 0.148 e. The van der Waals surface area contributed by atoms with Crippen molar-refractivity contribution in [2.24, 2.45) is 5.73 Å². The van der Waals surface area contributed by atoms with E-state index >= 15 is 0 Å². The average Bonchev–Trinajstić information content (AvgIpc) is 2.58. The zero-order valence-corrected chi connectivity index (χ0v) is 11.9. The summed E-state index contributed by atoms with van der Waals surface area (Å²) in [5.41, 5.74) is 6.96. The molecule has 0 amide bonds. The molecular formula is C10H17NO2S3. The van der Waals surface area contributed by atoms with Gasteiger partial charge in [-0.05, 0) is 23.9 Å². The molecule has 0 saturated carbocycles. The third-order valence-corrected chi connectivity index (χ3v) is 5.94. The van der Waals surface area contributed by atoms with Crippen LogP contribution in [0.2, 0.25) is 0 Å². The molecule has 3 nitrogen and oxygen atoms in total. The van der Waals surface area contributed by atoms with Gasteiger partial charge in [-0.1, -0.05) is 0 Å². The molecule has 1 rings (SSSR count). The van der Waals surface area contributed by atoms with E-state index in [0.29, 0.717) is 12.3 Å². The number of hydrogen-bond donors (Lipinski definition) is 1. The molecule has 0 saturated heterocycles. The van der Waals surface area contributed by atoms with Crippen LogP contribution in [0.25, 0.3) is 0 Å². The highest BCUT2D eigenvalue weighted by Gasteiger charge is 2.14. The molecule has 92 valence electrons. The SMILES string of the molecule is Cc1ccsc1C(CN)SCCS(C)(=O)=O. The quantitative estimate of drug-likeness (QED) is 0.863. The molecule has 0 bridgehead atoms. The number of rotatable bonds is 6. The van der Waals surface area contributed by atoms with Crippen molar-refractivity contribution in [3.05, 3.63) is 21.9 Å². The fourth-order valence-corrected chi connectivity index (χ4v) is 4.95. The fourth-order valence-electron chi connectivity index (χ4n) is 1.31. The second kappa shape index (κ2) is 6.05. The first-order chi connectivity index (χ1) is 7.44. The Labute approximate surface area is 105 Å². The zero-order valence-electron chi connectivity index (χ0n) is 9.47. The molecule has 1 atom stereocenters. The van der Waals surface area contributed by atoms with E-state index in [9.17, 15) is 8.42 Å². The molecule has 0 aromatic carbocycles. The van der Waals surface area contributed by atoms with Crippen LogP contribution in [0.1, 0.15) is 15.7 Å². The van der Waals surface area contributed by atoms with Crippen LogP contribution >= 0.6 is 23.1 Å². The molecule has 0 radical (unpaired) electrons. The number of aryl methyl sites for hydroxylation is 1. The van der Waals surface area contributed by atoms with Crippen molar-refractivity contribution < 1.29 is 8.42 Å². The summed E-state index contributed by atoms with van der Waals surface area (Å²) in [5, 5.41) is 2.27. The van der Waals surface area contributed by atoms with Crippen molar-refractivity contribution in [1.29, 1.82) is 0 Å². The lowest BCUT2D eigenvalue weighted by atomic mass is 10.2. The van der Waals surface area contributed by atoms with Gasteiger partial charge in [0.15, 0.2) is 0 Å². The summed E-state index contributed by atoms with van der Waals surface area (Å²) in [5.74, 6) is 0.830. The third kappa shape index (κ3) is 4.45. The molecule has 6 heteroatoms. The number of sulfone groups is 1. The van der Waals surface area contributed by atoms with E-state index in [1.165, 1.54) is 16.7 Å². The van der Waals surface area contributed by atoms with Gasteiger partial charge >= 0.3 is 0 Å². The van der Waals surface area contributed by atoms with Crippen molar-refractivity contribution in [1.82, 2.24) is 0 Å². The van der Waals surface area contributed by atoms with E-state index in [-0.39, 0.29) is 11.0 Å². The first-order valence-electron chi connectivity index (χ1n) is 4.97. The van der Waals surface area contributed by atoms with Gasteiger partial charge in [0.25, 0.3) is 0 Å². The molecule has 16 heavy (non-hydrogen) atoms. The summed E-state index contributed by atoms with van der Waals surface area (Å²) in [6.07, 6.45) is 1.27. The first-order valence-corrected chi connectivity index (χ1v) is 8.96. The largest absolute Gasteiger partial charge is 0.329 e. The van der Waals surface area contributed by atoms with Gasteiger partial charge in [-0.3, -0.25) is 0 Å². The van der Waals surface area contributed by atoms with Crippen molar-refractivity contribution in [2.75, 3.05) is 24.3 Å². The fraction of sp³-hybridized carbons (Fsp3) is 0.600. The Morgan fingerprint density at radius 1 is 1.56 bits per heavy atom. The van der Waals surface area contributed by atoms with Gasteiger partial charge in [-0.25, -0.2) is 8.42 Å². The van der Waals surface area contributed by atoms with E-state index in [4.69, 9.17) is 5.73 Å². The van der Waals surface area contributed by atoms with E-state index in [0.717, 1.165) is 0 Å². The van der Waals surface area contributed by atoms with Gasteiger partial charge < -0.3 is 5.73 Å². The second-order valence-corrected chi connectivity index (χ2v) is 8.21. The summed E-state index contributed by atoms with van der Waals surface area (Å²) < 4.78 is 22.0. The van der Waals surface area contributed by atoms with Gasteiger partial charge in [0.2, 0.25) is 0 Å². The Hall–Kier alpha value is -0.0400. The molecule has 1 aromatic heterocycles. The Morgan fingerprint density at radius 3 is 2.69 bits per heavy atom. The zero-order chi connectivity index (χ0) is 12.2. The Balaban J connectivity index is 2.54. The summed E-state index contributed by atoms with van der Waals surface area (Å²) >= 11 is 3.32. The lowest BCUT2D eigenvalue weighted by Crippen LogP contribution is -2.12. The van der Waals surface area contributed by atoms with Crippen molar-refractivity contribution in [3.63, 3.8) is 0 Å². The number of thiophene rings is 1. The molecule has 0 aliphatic heterocycles. The third-order valence-electron chi connectivity index (χ3n) is 2.18. The average molecular weight is 279 g/mol. The van der Waals surface area contributed by atoms with E-state index < -0.39 is 9.84 Å². The van der Waals surface area contributed by atoms with E-state index in [1.807, 2.05) is 5.38 Å². The van der Waals surface area contributed by atoms with Crippen LogP contribution in [0.5, 0.6) is 0 Å². The predicted octanol–water partition coefficient (Wildman–Crippen LogP) is 1.83. The monoisotopic (exact) mass is 279 g/mol. The van der Waals surface area contributed by atoms with Crippen molar-refractivity contribution >= 4 is 32.9 Å². The summed E-state index contributed by atoms with van der Waals surface area (Å²) in [6.45, 7) is 2.61. The van der Waals surface area contributed by atoms with Crippen LogP contribution in [0, 0.1) is 6.92 Å². The Kier molecular flexibility index (Phi) is 5.30. The van der Waals surface area contributed by atoms with Crippen molar-refractivity contribution in [2.45, 2.75) is 12.2 Å². The highest BCUT2D eigenvalue weighted by atomic mass is 32.2. The topological polar surface area (TPSA) is 60.2 Å². The normalized spacial score (nSPS) is 13.9. The Morgan fingerprint density at radius 2 is 2.25 bits per heavy atom. The van der Waals surface area contributed by atoms with Gasteiger partial charge in [0, 0.05) is 23.4 Å². The molecule has 1 unspecified atom stereocenters. The highest BCUT2D eigenvalue weighted by molar-refractivity contribution is 8.00. The lowest BCUT2D eigenvalue weighted by Gasteiger charge is -2.13. The van der Waals surface area contributed by atoms with Gasteiger partial charge in [0.1, 0.15) is 9.84 Å². The standard InChI is InChI=1S/C10H17NO2S3/c1-8-3-4-15-10(8)9(7-11)14-5-6-16(2,12)13/h3-4,9H,5-7,11H2,1-2H3. The molecule has 2 N–H and O–H groups in total. The molecular weight excluding hydrogens is 262 g/mol. The van der Waals surface area contributed by atoms with Crippen molar-refractivity contribution in [3.8, 4) is 0 Å². The maximum Gasteiger partial charge on any atom is 0.148 e. The van der Waals surface area contributed by atoms with Crippen LogP contribution in [-0.4, -0.2) is 32.7 Å². The molecule has 0 fully saturated rings. The second-order valence-electron chi connectivity index (χ2n) is 3.69. The summed E-state index contributed by atoms with van der Waals surface area (Å²) in [6, 6.07) is 2.07.